The Morgan fingerprint density at radius 2 is 1.02 bits per heavy atom. The molecule has 0 spiro atoms. The van der Waals surface area contributed by atoms with Crippen molar-refractivity contribution in [3.8, 4) is 20.9 Å². The number of hydrogen-bond donors (Lipinski definition) is 0. The number of hydrogen-bond acceptors (Lipinski definition) is 11. The van der Waals surface area contributed by atoms with Crippen LogP contribution in [0.15, 0.2) is 42.5 Å². The van der Waals surface area contributed by atoms with Crippen molar-refractivity contribution < 1.29 is 42.7 Å². The van der Waals surface area contributed by atoms with E-state index in [-0.39, 0.29) is 11.1 Å². The zero-order chi connectivity index (χ0) is 28.2. The van der Waals surface area contributed by atoms with Crippen LogP contribution in [0.1, 0.15) is 32.1 Å². The molecule has 4 rings (SSSR count). The summed E-state index contributed by atoms with van der Waals surface area (Å²) in [5.41, 5.74) is 3.74. The smallest absolute Gasteiger partial charge is 0.337 e. The molecule has 10 nitrogen and oxygen atoms in total. The number of ether oxygens (including phenoxy) is 7. The average molecular weight is 572 g/mol. The zero-order valence-electron chi connectivity index (χ0n) is 22.6. The molecule has 0 amide bonds. The molecule has 2 bridgehead atoms. The molecule has 0 fully saturated rings. The molecule has 40 heavy (non-hydrogen) atoms. The monoisotopic (exact) mass is 571 g/mol. The minimum Gasteiger partial charge on any atom is -0.465 e. The SMILES string of the molecule is COC(=O)c1cc(C(=O)OC)cc(-c2ccc(-c3cc4nc(c3)COCCOCCOCCOCCOC4)s2)c1. The van der Waals surface area contributed by atoms with Crippen LogP contribution in [-0.4, -0.2) is 84.0 Å². The van der Waals surface area contributed by atoms with Crippen molar-refractivity contribution in [3.63, 3.8) is 0 Å². The summed E-state index contributed by atoms with van der Waals surface area (Å²) in [6, 6.07) is 12.8. The van der Waals surface area contributed by atoms with Gasteiger partial charge in [0.2, 0.25) is 0 Å². The molecule has 1 aromatic carbocycles. The normalized spacial score (nSPS) is 15.9. The van der Waals surface area contributed by atoms with Crippen LogP contribution in [0.4, 0.5) is 0 Å². The quantitative estimate of drug-likeness (QED) is 0.424. The molecule has 0 saturated carbocycles. The molecular weight excluding hydrogens is 538 g/mol. The van der Waals surface area contributed by atoms with Gasteiger partial charge in [-0.25, -0.2) is 9.59 Å². The van der Waals surface area contributed by atoms with Gasteiger partial charge in [-0.2, -0.15) is 0 Å². The summed E-state index contributed by atoms with van der Waals surface area (Å²) in [4.78, 5) is 31.1. The van der Waals surface area contributed by atoms with E-state index in [1.807, 2.05) is 24.3 Å². The van der Waals surface area contributed by atoms with Gasteiger partial charge in [0.25, 0.3) is 0 Å². The lowest BCUT2D eigenvalue weighted by Crippen LogP contribution is -2.14. The molecule has 1 aliphatic rings. The highest BCUT2D eigenvalue weighted by molar-refractivity contribution is 7.18. The van der Waals surface area contributed by atoms with Crippen LogP contribution in [0.2, 0.25) is 0 Å². The Morgan fingerprint density at radius 3 is 1.45 bits per heavy atom. The first-order valence-corrected chi connectivity index (χ1v) is 13.7. The summed E-state index contributed by atoms with van der Waals surface area (Å²) < 4.78 is 37.9. The first-order valence-electron chi connectivity index (χ1n) is 12.9. The topological polar surface area (TPSA) is 112 Å². The predicted octanol–water partition coefficient (Wildman–Crippen LogP) is 4.15. The molecule has 0 N–H and O–H groups in total. The summed E-state index contributed by atoms with van der Waals surface area (Å²) in [7, 11) is 2.60. The summed E-state index contributed by atoms with van der Waals surface area (Å²) >= 11 is 1.53. The van der Waals surface area contributed by atoms with Crippen LogP contribution < -0.4 is 0 Å². The van der Waals surface area contributed by atoms with Gasteiger partial charge >= 0.3 is 11.9 Å². The Morgan fingerprint density at radius 1 is 0.625 bits per heavy atom. The maximum Gasteiger partial charge on any atom is 0.337 e. The number of nitrogens with zero attached hydrogens (tertiary/aromatic N) is 1. The van der Waals surface area contributed by atoms with Crippen LogP contribution in [0, 0.1) is 0 Å². The molecule has 11 heteroatoms. The van der Waals surface area contributed by atoms with E-state index < -0.39 is 11.9 Å². The van der Waals surface area contributed by atoms with E-state index in [4.69, 9.17) is 38.1 Å². The highest BCUT2D eigenvalue weighted by atomic mass is 32.1. The lowest BCUT2D eigenvalue weighted by Gasteiger charge is -2.11. The molecule has 1 aliphatic heterocycles. The Hall–Kier alpha value is -3.19. The number of methoxy groups -OCH3 is 2. The fourth-order valence-electron chi connectivity index (χ4n) is 3.96. The van der Waals surface area contributed by atoms with E-state index in [0.717, 1.165) is 26.7 Å². The largest absolute Gasteiger partial charge is 0.465 e. The van der Waals surface area contributed by atoms with Crippen molar-refractivity contribution in [2.45, 2.75) is 13.2 Å². The minimum absolute atomic E-state index is 0.268. The number of pyridine rings is 1. The maximum atomic E-state index is 12.2. The van der Waals surface area contributed by atoms with Crippen LogP contribution in [0.25, 0.3) is 20.9 Å². The van der Waals surface area contributed by atoms with E-state index in [1.54, 1.807) is 12.1 Å². The Balaban J connectivity index is 1.58. The standard InChI is InChI=1S/C29H33NO9S/c1-33-28(31)22-13-20(14-23(15-22)29(32)34-2)26-3-4-27(40-26)21-16-24-18-38-11-9-36-7-5-35-6-8-37-10-12-39-19-25(17-21)30-24/h3-4,13-17H,5-12,18-19H2,1-2H3. The number of aromatic nitrogens is 1. The van der Waals surface area contributed by atoms with E-state index in [2.05, 4.69) is 0 Å². The fourth-order valence-corrected chi connectivity index (χ4v) is 4.94. The number of benzene rings is 1. The van der Waals surface area contributed by atoms with Crippen molar-refractivity contribution in [1.29, 1.82) is 0 Å². The summed E-state index contributed by atoms with van der Waals surface area (Å²) in [5.74, 6) is -1.07. The number of thiophene rings is 1. The molecule has 3 aromatic rings. The average Bonchev–Trinajstić information content (AvgIpc) is 3.48. The molecule has 214 valence electrons. The molecule has 0 unspecified atom stereocenters. The van der Waals surface area contributed by atoms with Gasteiger partial charge in [-0.15, -0.1) is 11.3 Å². The van der Waals surface area contributed by atoms with Crippen molar-refractivity contribution >= 4 is 23.3 Å². The summed E-state index contributed by atoms with van der Waals surface area (Å²) in [6.45, 7) is 4.44. The first kappa shape index (κ1) is 29.8. The lowest BCUT2D eigenvalue weighted by molar-refractivity contribution is -0.0152. The highest BCUT2D eigenvalue weighted by Crippen LogP contribution is 2.36. The van der Waals surface area contributed by atoms with Gasteiger partial charge in [0.05, 0.1) is 103 Å². The third kappa shape index (κ3) is 8.65. The molecule has 2 aromatic heterocycles. The second-order valence-corrected chi connectivity index (χ2v) is 9.81. The number of esters is 2. The van der Waals surface area contributed by atoms with Crippen molar-refractivity contribution in [2.75, 3.05) is 67.1 Å². The summed E-state index contributed by atoms with van der Waals surface area (Å²) in [6.07, 6.45) is 0. The number of rotatable bonds is 4. The Kier molecular flexibility index (Phi) is 11.6. The second kappa shape index (κ2) is 15.6. The van der Waals surface area contributed by atoms with Gasteiger partial charge in [-0.1, -0.05) is 0 Å². The molecule has 3 heterocycles. The van der Waals surface area contributed by atoms with E-state index in [1.165, 1.54) is 31.6 Å². The molecule has 0 aliphatic carbocycles. The lowest BCUT2D eigenvalue weighted by atomic mass is 10.0. The van der Waals surface area contributed by atoms with E-state index in [9.17, 15) is 9.59 Å². The van der Waals surface area contributed by atoms with Crippen LogP contribution in [-0.2, 0) is 46.4 Å². The fraction of sp³-hybridized carbons (Fsp3) is 0.414. The second-order valence-electron chi connectivity index (χ2n) is 8.73. The minimum atomic E-state index is -0.534. The van der Waals surface area contributed by atoms with Gasteiger partial charge in [0.1, 0.15) is 0 Å². The van der Waals surface area contributed by atoms with Gasteiger partial charge in [0, 0.05) is 9.75 Å². The van der Waals surface area contributed by atoms with Crippen LogP contribution in [0.3, 0.4) is 0 Å². The third-order valence-corrected chi connectivity index (χ3v) is 7.05. The molecule has 0 atom stereocenters. The Labute approximate surface area is 237 Å². The molecular formula is C29H33NO9S. The van der Waals surface area contributed by atoms with Gasteiger partial charge in [0.15, 0.2) is 0 Å². The van der Waals surface area contributed by atoms with Crippen molar-refractivity contribution in [3.05, 3.63) is 65.0 Å². The molecule has 0 radical (unpaired) electrons. The first-order chi connectivity index (χ1) is 19.6. The Bertz CT molecular complexity index is 1210. The number of carbonyl (C=O) groups excluding carboxylic acids is 2. The van der Waals surface area contributed by atoms with Gasteiger partial charge in [-0.3, -0.25) is 4.98 Å². The van der Waals surface area contributed by atoms with Gasteiger partial charge in [-0.05, 0) is 53.6 Å². The highest BCUT2D eigenvalue weighted by Gasteiger charge is 2.16. The van der Waals surface area contributed by atoms with Crippen molar-refractivity contribution in [1.82, 2.24) is 4.98 Å². The van der Waals surface area contributed by atoms with Crippen LogP contribution in [0.5, 0.6) is 0 Å². The van der Waals surface area contributed by atoms with Crippen LogP contribution >= 0.6 is 11.3 Å². The van der Waals surface area contributed by atoms with E-state index >= 15 is 0 Å². The predicted molar refractivity (Wildman–Crippen MR) is 147 cm³/mol. The number of carbonyl (C=O) groups is 2. The van der Waals surface area contributed by atoms with E-state index in [0.29, 0.717) is 71.6 Å². The number of fused-ring (bicyclic) bond motifs is 2. The summed E-state index contributed by atoms with van der Waals surface area (Å²) in [5, 5.41) is 0. The third-order valence-electron chi connectivity index (χ3n) is 5.87. The molecule has 0 saturated heterocycles. The van der Waals surface area contributed by atoms with Gasteiger partial charge < -0.3 is 33.2 Å². The van der Waals surface area contributed by atoms with Crippen molar-refractivity contribution in [2.24, 2.45) is 0 Å². The zero-order valence-corrected chi connectivity index (χ0v) is 23.5. The maximum absolute atomic E-state index is 12.2.